The molecule has 0 bridgehead atoms. The van der Waals surface area contributed by atoms with Gasteiger partial charge in [-0.2, -0.15) is 0 Å². The Morgan fingerprint density at radius 1 is 1.09 bits per heavy atom. The van der Waals surface area contributed by atoms with Crippen LogP contribution in [0.1, 0.15) is 16.7 Å². The lowest BCUT2D eigenvalue weighted by atomic mass is 10.1. The maximum atomic E-state index is 13.9. The van der Waals surface area contributed by atoms with Crippen molar-refractivity contribution in [3.8, 4) is 5.75 Å². The van der Waals surface area contributed by atoms with Gasteiger partial charge in [-0.15, -0.1) is 0 Å². The highest BCUT2D eigenvalue weighted by molar-refractivity contribution is 6.31. The molecule has 0 aliphatic carbocycles. The summed E-state index contributed by atoms with van der Waals surface area (Å²) in [6.45, 7) is 2.85. The van der Waals surface area contributed by atoms with Gasteiger partial charge >= 0.3 is 0 Å². The molecule has 0 aliphatic heterocycles. The third kappa shape index (κ3) is 4.33. The molecule has 2 nitrogen and oxygen atoms in total. The number of halogens is 2. The number of benzene rings is 2. The Morgan fingerprint density at radius 2 is 1.86 bits per heavy atom. The van der Waals surface area contributed by atoms with Gasteiger partial charge in [-0.1, -0.05) is 35.9 Å². The van der Waals surface area contributed by atoms with Crippen LogP contribution in [0.25, 0.3) is 12.2 Å². The second kappa shape index (κ2) is 7.97. The van der Waals surface area contributed by atoms with E-state index in [2.05, 4.69) is 0 Å². The largest absolute Gasteiger partial charge is 0.491 e. The molecule has 0 radical (unpaired) electrons. The summed E-state index contributed by atoms with van der Waals surface area (Å²) in [4.78, 5) is 0. The van der Waals surface area contributed by atoms with Gasteiger partial charge in [0.15, 0.2) is 0 Å². The third-order valence-electron chi connectivity index (χ3n) is 3.28. The molecule has 2 aromatic rings. The van der Waals surface area contributed by atoms with Gasteiger partial charge in [0.2, 0.25) is 0 Å². The Bertz CT molecular complexity index is 668. The highest BCUT2D eigenvalue weighted by Gasteiger charge is 2.03. The van der Waals surface area contributed by atoms with Crippen molar-refractivity contribution in [2.45, 2.75) is 6.92 Å². The van der Waals surface area contributed by atoms with Crippen molar-refractivity contribution in [1.29, 1.82) is 0 Å². The maximum Gasteiger partial charge on any atom is 0.130 e. The number of rotatable bonds is 6. The molecule has 0 fully saturated rings. The topological polar surface area (TPSA) is 18.5 Å². The van der Waals surface area contributed by atoms with E-state index in [1.807, 2.05) is 31.2 Å². The van der Waals surface area contributed by atoms with Crippen LogP contribution in [-0.2, 0) is 4.74 Å². The zero-order valence-electron chi connectivity index (χ0n) is 12.6. The van der Waals surface area contributed by atoms with Crippen LogP contribution >= 0.6 is 11.6 Å². The third-order valence-corrected chi connectivity index (χ3v) is 3.69. The predicted octanol–water partition coefficient (Wildman–Crippen LogP) is 4.98. The fraction of sp³-hybridized carbons (Fsp3) is 0.222. The lowest BCUT2D eigenvalue weighted by Gasteiger charge is -2.07. The zero-order valence-corrected chi connectivity index (χ0v) is 13.4. The fourth-order valence-electron chi connectivity index (χ4n) is 1.97. The summed E-state index contributed by atoms with van der Waals surface area (Å²) >= 11 is 6.08. The van der Waals surface area contributed by atoms with Crippen LogP contribution in [0.15, 0.2) is 36.4 Å². The Morgan fingerprint density at radius 3 is 2.64 bits per heavy atom. The molecule has 22 heavy (non-hydrogen) atoms. The smallest absolute Gasteiger partial charge is 0.130 e. The summed E-state index contributed by atoms with van der Waals surface area (Å²) in [5, 5.41) is 0.694. The number of methoxy groups -OCH3 is 1. The van der Waals surface area contributed by atoms with Crippen LogP contribution in [0.2, 0.25) is 5.02 Å². The normalized spacial score (nSPS) is 11.1. The molecule has 0 atom stereocenters. The first-order chi connectivity index (χ1) is 10.6. The molecule has 2 rings (SSSR count). The highest BCUT2D eigenvalue weighted by atomic mass is 35.5. The summed E-state index contributed by atoms with van der Waals surface area (Å²) in [5.74, 6) is 0.316. The van der Waals surface area contributed by atoms with E-state index >= 15 is 0 Å². The zero-order chi connectivity index (χ0) is 15.9. The average molecular weight is 321 g/mol. The highest BCUT2D eigenvalue weighted by Crippen LogP contribution is 2.23. The standard InChI is InChI=1S/C18H18ClFO2/c1-13-14(4-3-5-17(13)19)6-7-15-12-16(8-9-18(15)20)22-11-10-21-2/h3-9,12H,10-11H2,1-2H3/b7-6+. The Balaban J connectivity index is 2.19. The minimum absolute atomic E-state index is 0.296. The van der Waals surface area contributed by atoms with E-state index in [1.54, 1.807) is 25.3 Å². The Labute approximate surface area is 135 Å². The van der Waals surface area contributed by atoms with Gasteiger partial charge < -0.3 is 9.47 Å². The van der Waals surface area contributed by atoms with Gasteiger partial charge in [-0.25, -0.2) is 4.39 Å². The van der Waals surface area contributed by atoms with Crippen molar-refractivity contribution in [3.63, 3.8) is 0 Å². The van der Waals surface area contributed by atoms with Gasteiger partial charge in [0.05, 0.1) is 6.61 Å². The molecule has 0 spiro atoms. The minimum atomic E-state index is -0.296. The van der Waals surface area contributed by atoms with Gasteiger partial charge in [0.25, 0.3) is 0 Å². The van der Waals surface area contributed by atoms with Crippen LogP contribution in [-0.4, -0.2) is 20.3 Å². The molecule has 0 saturated heterocycles. The summed E-state index contributed by atoms with van der Waals surface area (Å²) in [6, 6.07) is 10.3. The van der Waals surface area contributed by atoms with Gasteiger partial charge in [0.1, 0.15) is 18.2 Å². The minimum Gasteiger partial charge on any atom is -0.491 e. The van der Waals surface area contributed by atoms with Crippen LogP contribution in [0, 0.1) is 12.7 Å². The van der Waals surface area contributed by atoms with Crippen molar-refractivity contribution in [2.75, 3.05) is 20.3 Å². The molecule has 2 aromatic carbocycles. The molecule has 116 valence electrons. The first kappa shape index (κ1) is 16.5. The summed E-state index contributed by atoms with van der Waals surface area (Å²) in [6.07, 6.45) is 3.57. The Kier molecular flexibility index (Phi) is 5.99. The van der Waals surface area contributed by atoms with Crippen molar-refractivity contribution in [3.05, 3.63) is 63.9 Å². The molecule has 0 heterocycles. The van der Waals surface area contributed by atoms with Crippen molar-refractivity contribution < 1.29 is 13.9 Å². The van der Waals surface area contributed by atoms with E-state index in [0.29, 0.717) is 29.5 Å². The van der Waals surface area contributed by atoms with E-state index < -0.39 is 0 Å². The van der Waals surface area contributed by atoms with Crippen LogP contribution in [0.5, 0.6) is 5.75 Å². The van der Waals surface area contributed by atoms with Gasteiger partial charge in [-0.05, 0) is 42.3 Å². The van der Waals surface area contributed by atoms with E-state index in [-0.39, 0.29) is 5.82 Å². The fourth-order valence-corrected chi connectivity index (χ4v) is 2.15. The first-order valence-electron chi connectivity index (χ1n) is 6.96. The van der Waals surface area contributed by atoms with E-state index in [0.717, 1.165) is 11.1 Å². The van der Waals surface area contributed by atoms with Crippen molar-refractivity contribution >= 4 is 23.8 Å². The number of hydrogen-bond donors (Lipinski definition) is 0. The van der Waals surface area contributed by atoms with Crippen LogP contribution in [0.4, 0.5) is 4.39 Å². The molecule has 0 amide bonds. The lowest BCUT2D eigenvalue weighted by Crippen LogP contribution is -2.04. The van der Waals surface area contributed by atoms with Crippen LogP contribution < -0.4 is 4.74 Å². The van der Waals surface area contributed by atoms with Crippen molar-refractivity contribution in [1.82, 2.24) is 0 Å². The molecule has 0 aliphatic rings. The van der Waals surface area contributed by atoms with Crippen LogP contribution in [0.3, 0.4) is 0 Å². The van der Waals surface area contributed by atoms with E-state index in [9.17, 15) is 4.39 Å². The second-order valence-corrected chi connectivity index (χ2v) is 5.22. The SMILES string of the molecule is COCCOc1ccc(F)c(/C=C/c2cccc(Cl)c2C)c1. The maximum absolute atomic E-state index is 13.9. The summed E-state index contributed by atoms with van der Waals surface area (Å²) in [5.41, 5.74) is 2.39. The summed E-state index contributed by atoms with van der Waals surface area (Å²) in [7, 11) is 1.61. The molecule has 0 aromatic heterocycles. The van der Waals surface area contributed by atoms with E-state index in [4.69, 9.17) is 21.1 Å². The average Bonchev–Trinajstić information content (AvgIpc) is 2.51. The molecule has 0 unspecified atom stereocenters. The number of hydrogen-bond acceptors (Lipinski definition) is 2. The first-order valence-corrected chi connectivity index (χ1v) is 7.34. The Hall–Kier alpha value is -1.84. The summed E-state index contributed by atoms with van der Waals surface area (Å²) < 4.78 is 24.3. The molecule has 4 heteroatoms. The molecule has 0 N–H and O–H groups in total. The number of ether oxygens (including phenoxy) is 2. The quantitative estimate of drug-likeness (QED) is 0.552. The molecule has 0 saturated carbocycles. The molecular formula is C18H18ClFO2. The van der Waals surface area contributed by atoms with E-state index in [1.165, 1.54) is 6.07 Å². The molecular weight excluding hydrogens is 303 g/mol. The van der Waals surface area contributed by atoms with Gasteiger partial charge in [0, 0.05) is 17.7 Å². The second-order valence-electron chi connectivity index (χ2n) is 4.81. The van der Waals surface area contributed by atoms with Gasteiger partial charge in [-0.3, -0.25) is 0 Å². The predicted molar refractivity (Wildman–Crippen MR) is 88.9 cm³/mol. The monoisotopic (exact) mass is 320 g/mol. The van der Waals surface area contributed by atoms with Crippen molar-refractivity contribution in [2.24, 2.45) is 0 Å². The lowest BCUT2D eigenvalue weighted by molar-refractivity contribution is 0.146.